The van der Waals surface area contributed by atoms with Crippen LogP contribution in [-0.4, -0.2) is 36.6 Å². The van der Waals surface area contributed by atoms with E-state index in [2.05, 4.69) is 37.4 Å². The van der Waals surface area contributed by atoms with Crippen molar-refractivity contribution in [2.24, 2.45) is 11.8 Å². The molecule has 0 aromatic rings. The summed E-state index contributed by atoms with van der Waals surface area (Å²) in [6, 6.07) is -0.668. The fraction of sp³-hybridized carbons (Fsp3) is 0.759. The highest BCUT2D eigenvalue weighted by molar-refractivity contribution is 5.79. The third-order valence-corrected chi connectivity index (χ3v) is 6.41. The zero-order chi connectivity index (χ0) is 25.9. The number of allylic oxidation sites excluding steroid dienone is 3. The summed E-state index contributed by atoms with van der Waals surface area (Å²) >= 11 is 0. The molecule has 0 bridgehead atoms. The number of esters is 2. The van der Waals surface area contributed by atoms with Crippen molar-refractivity contribution in [3.05, 3.63) is 24.3 Å². The maximum absolute atomic E-state index is 12.8. The number of rotatable bonds is 21. The fourth-order valence-corrected chi connectivity index (χ4v) is 4.34. The summed E-state index contributed by atoms with van der Waals surface area (Å²) in [5.41, 5.74) is 0. The van der Waals surface area contributed by atoms with E-state index in [-0.39, 0.29) is 23.9 Å². The molecule has 0 aliphatic carbocycles. The molecule has 1 heterocycles. The Labute approximate surface area is 213 Å². The Hall–Kier alpha value is -2.11. The quantitative estimate of drug-likeness (QED) is 0.0865. The molecule has 1 amide bonds. The molecule has 1 saturated heterocycles. The lowest BCUT2D eigenvalue weighted by Crippen LogP contribution is -2.48. The van der Waals surface area contributed by atoms with E-state index in [4.69, 9.17) is 9.47 Å². The summed E-state index contributed by atoms with van der Waals surface area (Å²) in [6.07, 6.45) is 21.0. The number of unbranched alkanes of at least 4 members (excludes halogenated alkanes) is 6. The van der Waals surface area contributed by atoms with Crippen LogP contribution in [-0.2, 0) is 23.9 Å². The summed E-state index contributed by atoms with van der Waals surface area (Å²) in [5.74, 6) is -0.434. The van der Waals surface area contributed by atoms with Crippen LogP contribution in [0.2, 0.25) is 0 Å². The SMILES string of the molecule is CCCCCC=CCC=CCC(C[C@@H]1OC(=O)[C@H]1CCCCCC)OC(=O)[C@H](CC(C)C)NC=O. The predicted octanol–water partition coefficient (Wildman–Crippen LogP) is 6.43. The monoisotopic (exact) mass is 491 g/mol. The van der Waals surface area contributed by atoms with E-state index in [1.54, 1.807) is 0 Å². The van der Waals surface area contributed by atoms with Gasteiger partial charge in [-0.05, 0) is 38.0 Å². The van der Waals surface area contributed by atoms with E-state index < -0.39 is 18.1 Å². The molecular weight excluding hydrogens is 442 g/mol. The number of cyclic esters (lactones) is 1. The first-order valence-corrected chi connectivity index (χ1v) is 13.8. The van der Waals surface area contributed by atoms with Crippen LogP contribution in [0, 0.1) is 11.8 Å². The first kappa shape index (κ1) is 30.9. The van der Waals surface area contributed by atoms with Gasteiger partial charge in [0.25, 0.3) is 0 Å². The minimum absolute atomic E-state index is 0.109. The molecule has 1 N–H and O–H groups in total. The summed E-state index contributed by atoms with van der Waals surface area (Å²) < 4.78 is 11.3. The second-order valence-electron chi connectivity index (χ2n) is 10.1. The smallest absolute Gasteiger partial charge is 0.328 e. The first-order valence-electron chi connectivity index (χ1n) is 13.8. The molecule has 4 atom stereocenters. The van der Waals surface area contributed by atoms with E-state index in [1.807, 2.05) is 19.9 Å². The Kier molecular flexibility index (Phi) is 16.9. The lowest BCUT2D eigenvalue weighted by Gasteiger charge is -2.37. The molecule has 0 aromatic carbocycles. The largest absolute Gasteiger partial charge is 0.461 e. The maximum Gasteiger partial charge on any atom is 0.328 e. The van der Waals surface area contributed by atoms with Crippen LogP contribution in [0.5, 0.6) is 0 Å². The number of hydrogen-bond acceptors (Lipinski definition) is 5. The van der Waals surface area contributed by atoms with E-state index in [0.717, 1.165) is 38.5 Å². The number of carbonyl (C=O) groups is 3. The average molecular weight is 492 g/mol. The van der Waals surface area contributed by atoms with Gasteiger partial charge in [-0.25, -0.2) is 4.79 Å². The predicted molar refractivity (Wildman–Crippen MR) is 141 cm³/mol. The van der Waals surface area contributed by atoms with E-state index >= 15 is 0 Å². The first-order chi connectivity index (χ1) is 16.9. The molecule has 6 heteroatoms. The highest BCUT2D eigenvalue weighted by Crippen LogP contribution is 2.32. The zero-order valence-corrected chi connectivity index (χ0v) is 22.5. The Bertz CT molecular complexity index is 657. The van der Waals surface area contributed by atoms with Crippen LogP contribution < -0.4 is 5.32 Å². The summed E-state index contributed by atoms with van der Waals surface area (Å²) in [5, 5.41) is 2.59. The van der Waals surface area contributed by atoms with E-state index in [0.29, 0.717) is 25.7 Å². The molecule has 0 saturated carbocycles. The number of hydrogen-bond donors (Lipinski definition) is 1. The van der Waals surface area contributed by atoms with Gasteiger partial charge in [0.2, 0.25) is 6.41 Å². The van der Waals surface area contributed by atoms with Crippen molar-refractivity contribution in [3.8, 4) is 0 Å². The number of carbonyl (C=O) groups excluding carboxylic acids is 3. The summed E-state index contributed by atoms with van der Waals surface area (Å²) in [4.78, 5) is 35.9. The number of ether oxygens (including phenoxy) is 2. The molecule has 1 fully saturated rings. The van der Waals surface area contributed by atoms with Crippen LogP contribution in [0.4, 0.5) is 0 Å². The van der Waals surface area contributed by atoms with Gasteiger partial charge in [0.15, 0.2) is 0 Å². The number of nitrogens with one attached hydrogen (secondary N) is 1. The molecule has 0 aromatic heterocycles. The summed E-state index contributed by atoms with van der Waals surface area (Å²) in [7, 11) is 0. The van der Waals surface area contributed by atoms with Crippen molar-refractivity contribution in [1.82, 2.24) is 5.32 Å². The van der Waals surface area contributed by atoms with Crippen molar-refractivity contribution >= 4 is 18.3 Å². The van der Waals surface area contributed by atoms with Gasteiger partial charge in [0.1, 0.15) is 18.2 Å². The van der Waals surface area contributed by atoms with Crippen molar-refractivity contribution in [2.45, 2.75) is 129 Å². The minimum Gasteiger partial charge on any atom is -0.461 e. The van der Waals surface area contributed by atoms with Gasteiger partial charge in [0, 0.05) is 12.8 Å². The van der Waals surface area contributed by atoms with Gasteiger partial charge in [0.05, 0.1) is 5.92 Å². The molecule has 1 aliphatic rings. The Morgan fingerprint density at radius 2 is 1.74 bits per heavy atom. The molecule has 1 unspecified atom stereocenters. The molecular formula is C29H49NO5. The van der Waals surface area contributed by atoms with Crippen LogP contribution in [0.15, 0.2) is 24.3 Å². The zero-order valence-electron chi connectivity index (χ0n) is 22.5. The van der Waals surface area contributed by atoms with Gasteiger partial charge in [-0.15, -0.1) is 0 Å². The van der Waals surface area contributed by atoms with E-state index in [1.165, 1.54) is 25.7 Å². The minimum atomic E-state index is -0.668. The average Bonchev–Trinajstić information content (AvgIpc) is 2.81. The van der Waals surface area contributed by atoms with Crippen LogP contribution in [0.3, 0.4) is 0 Å². The Morgan fingerprint density at radius 3 is 2.40 bits per heavy atom. The van der Waals surface area contributed by atoms with Gasteiger partial charge in [-0.2, -0.15) is 0 Å². The molecule has 1 rings (SSSR count). The molecule has 35 heavy (non-hydrogen) atoms. The molecule has 6 nitrogen and oxygen atoms in total. The lowest BCUT2D eigenvalue weighted by atomic mass is 9.87. The highest BCUT2D eigenvalue weighted by atomic mass is 16.6. The highest BCUT2D eigenvalue weighted by Gasteiger charge is 2.43. The number of amides is 1. The van der Waals surface area contributed by atoms with Crippen LogP contribution in [0.25, 0.3) is 0 Å². The molecule has 1 aliphatic heterocycles. The van der Waals surface area contributed by atoms with E-state index in [9.17, 15) is 14.4 Å². The maximum atomic E-state index is 12.8. The van der Waals surface area contributed by atoms with Gasteiger partial charge in [-0.1, -0.05) is 90.5 Å². The molecule has 0 spiro atoms. The second kappa shape index (κ2) is 19.1. The third-order valence-electron chi connectivity index (χ3n) is 6.41. The Morgan fingerprint density at radius 1 is 1.03 bits per heavy atom. The summed E-state index contributed by atoms with van der Waals surface area (Å²) in [6.45, 7) is 8.37. The molecule has 200 valence electrons. The third kappa shape index (κ3) is 13.5. The fourth-order valence-electron chi connectivity index (χ4n) is 4.34. The normalized spacial score (nSPS) is 19.5. The second-order valence-corrected chi connectivity index (χ2v) is 10.1. The van der Waals surface area contributed by atoms with Gasteiger partial charge >= 0.3 is 11.9 Å². The van der Waals surface area contributed by atoms with Crippen molar-refractivity contribution in [2.75, 3.05) is 0 Å². The van der Waals surface area contributed by atoms with Crippen molar-refractivity contribution in [3.63, 3.8) is 0 Å². The Balaban J connectivity index is 2.70. The van der Waals surface area contributed by atoms with Crippen LogP contribution >= 0.6 is 0 Å². The van der Waals surface area contributed by atoms with Gasteiger partial charge in [-0.3, -0.25) is 9.59 Å². The van der Waals surface area contributed by atoms with Gasteiger partial charge < -0.3 is 14.8 Å². The van der Waals surface area contributed by atoms with Crippen LogP contribution in [0.1, 0.15) is 111 Å². The standard InChI is InChI=1S/C29H49NO5/c1-5-7-9-11-12-13-14-15-16-18-24(34-29(33)26(30-22-31)20-23(3)4)21-27-25(28(32)35-27)19-17-10-8-6-2/h12-13,15-16,22-27H,5-11,14,17-21H2,1-4H3,(H,30,31)/t24?,25-,26-,27-/m0/s1. The molecule has 0 radical (unpaired) electrons. The van der Waals surface area contributed by atoms with Crippen molar-refractivity contribution in [1.29, 1.82) is 0 Å². The van der Waals surface area contributed by atoms with Crippen molar-refractivity contribution < 1.29 is 23.9 Å². The topological polar surface area (TPSA) is 81.7 Å². The lowest BCUT2D eigenvalue weighted by molar-refractivity contribution is -0.190.